The van der Waals surface area contributed by atoms with E-state index in [1.54, 1.807) is 54.7 Å². The number of anilines is 1. The van der Waals surface area contributed by atoms with Gasteiger partial charge in [0.1, 0.15) is 11.4 Å². The minimum atomic E-state index is -0.702. The molecule has 3 rings (SSSR count). The second-order valence-corrected chi connectivity index (χ2v) is 4.83. The van der Waals surface area contributed by atoms with Crippen LogP contribution in [0.1, 0.15) is 17.3 Å². The zero-order chi connectivity index (χ0) is 16.9. The smallest absolute Gasteiger partial charge is 0.351 e. The van der Waals surface area contributed by atoms with Gasteiger partial charge < -0.3 is 9.26 Å². The lowest BCUT2D eigenvalue weighted by molar-refractivity contribution is -0.114. The second-order valence-electron chi connectivity index (χ2n) is 4.83. The van der Waals surface area contributed by atoms with Crippen LogP contribution in [0.5, 0.6) is 5.75 Å². The Morgan fingerprint density at radius 1 is 1.08 bits per heavy atom. The van der Waals surface area contributed by atoms with E-state index >= 15 is 0 Å². The minimum Gasteiger partial charge on any atom is -0.423 e. The highest BCUT2D eigenvalue weighted by Gasteiger charge is 2.27. The molecule has 7 nitrogen and oxygen atoms in total. The van der Waals surface area contributed by atoms with Crippen molar-refractivity contribution in [2.75, 3.05) is 5.32 Å². The quantitative estimate of drug-likeness (QED) is 0.586. The normalized spacial score (nSPS) is 10.2. The number of ether oxygens (including phenoxy) is 1. The first-order valence-corrected chi connectivity index (χ1v) is 7.11. The summed E-state index contributed by atoms with van der Waals surface area (Å²) in [6, 6.07) is 13.7. The molecule has 0 bridgehead atoms. The van der Waals surface area contributed by atoms with Crippen LogP contribution < -0.4 is 10.1 Å². The van der Waals surface area contributed by atoms with Crippen molar-refractivity contribution in [2.24, 2.45) is 0 Å². The summed E-state index contributed by atoms with van der Waals surface area (Å²) in [6.07, 6.45) is 1.56. The lowest BCUT2D eigenvalue weighted by atomic mass is 10.1. The predicted octanol–water partition coefficient (Wildman–Crippen LogP) is 2.91. The van der Waals surface area contributed by atoms with Crippen molar-refractivity contribution in [3.05, 3.63) is 60.3 Å². The third kappa shape index (κ3) is 3.30. The molecule has 2 heterocycles. The molecule has 0 aliphatic carbocycles. The molecule has 0 radical (unpaired) electrons. The van der Waals surface area contributed by atoms with E-state index in [2.05, 4.69) is 15.5 Å². The Morgan fingerprint density at radius 3 is 2.50 bits per heavy atom. The summed E-state index contributed by atoms with van der Waals surface area (Å²) in [5.74, 6) is -0.812. The largest absolute Gasteiger partial charge is 0.423 e. The van der Waals surface area contributed by atoms with Crippen LogP contribution in [0.4, 0.5) is 5.88 Å². The molecule has 120 valence electrons. The Labute approximate surface area is 137 Å². The summed E-state index contributed by atoms with van der Waals surface area (Å²) in [7, 11) is 0. The number of esters is 1. The highest BCUT2D eigenvalue weighted by Crippen LogP contribution is 2.29. The summed E-state index contributed by atoms with van der Waals surface area (Å²) in [5, 5.41) is 6.28. The van der Waals surface area contributed by atoms with Gasteiger partial charge in [0.25, 0.3) is 0 Å². The van der Waals surface area contributed by atoms with Crippen LogP contribution in [0.3, 0.4) is 0 Å². The van der Waals surface area contributed by atoms with Gasteiger partial charge in [-0.1, -0.05) is 29.4 Å². The van der Waals surface area contributed by atoms with Crippen molar-refractivity contribution < 1.29 is 18.8 Å². The van der Waals surface area contributed by atoms with Crippen LogP contribution in [0, 0.1) is 0 Å². The molecule has 0 atom stereocenters. The van der Waals surface area contributed by atoms with E-state index in [1.165, 1.54) is 6.92 Å². The number of carbonyl (C=O) groups is 2. The molecule has 0 aliphatic heterocycles. The van der Waals surface area contributed by atoms with Gasteiger partial charge >= 0.3 is 5.97 Å². The predicted molar refractivity (Wildman–Crippen MR) is 85.4 cm³/mol. The summed E-state index contributed by atoms with van der Waals surface area (Å²) in [4.78, 5) is 28.0. The van der Waals surface area contributed by atoms with Gasteiger partial charge in [-0.3, -0.25) is 15.1 Å². The van der Waals surface area contributed by atoms with E-state index in [1.807, 2.05) is 0 Å². The van der Waals surface area contributed by atoms with E-state index in [9.17, 15) is 9.59 Å². The van der Waals surface area contributed by atoms with E-state index in [0.717, 1.165) is 0 Å². The lowest BCUT2D eigenvalue weighted by Gasteiger charge is -2.05. The fourth-order valence-corrected chi connectivity index (χ4v) is 2.05. The number of para-hydroxylation sites is 1. The molecule has 1 N–H and O–H groups in total. The molecule has 0 saturated heterocycles. The summed E-state index contributed by atoms with van der Waals surface area (Å²) >= 11 is 0. The van der Waals surface area contributed by atoms with Gasteiger partial charge in [-0.05, 0) is 24.3 Å². The SMILES string of the molecule is CC(=O)Nc1onc(-c2ccccn2)c1C(=O)Oc1ccccc1. The Kier molecular flexibility index (Phi) is 4.33. The molecular formula is C17H13N3O4. The first-order valence-electron chi connectivity index (χ1n) is 7.11. The Hall–Kier alpha value is -3.48. The number of hydrogen-bond acceptors (Lipinski definition) is 6. The molecule has 2 aromatic heterocycles. The number of rotatable bonds is 4. The highest BCUT2D eigenvalue weighted by molar-refractivity contribution is 6.04. The van der Waals surface area contributed by atoms with Gasteiger partial charge in [0, 0.05) is 13.1 Å². The van der Waals surface area contributed by atoms with Crippen LogP contribution in [-0.2, 0) is 4.79 Å². The third-order valence-corrected chi connectivity index (χ3v) is 3.05. The molecule has 1 aromatic carbocycles. The number of nitrogens with zero attached hydrogens (tertiary/aromatic N) is 2. The number of amides is 1. The molecule has 0 saturated carbocycles. The van der Waals surface area contributed by atoms with Crippen LogP contribution in [0.15, 0.2) is 59.3 Å². The number of hydrogen-bond donors (Lipinski definition) is 1. The Morgan fingerprint density at radius 2 is 1.83 bits per heavy atom. The zero-order valence-corrected chi connectivity index (χ0v) is 12.7. The number of nitrogens with one attached hydrogen (secondary N) is 1. The summed E-state index contributed by atoms with van der Waals surface area (Å²) < 4.78 is 10.4. The van der Waals surface area contributed by atoms with E-state index < -0.39 is 11.9 Å². The van der Waals surface area contributed by atoms with E-state index in [4.69, 9.17) is 9.26 Å². The van der Waals surface area contributed by atoms with Crippen LogP contribution in [0.2, 0.25) is 0 Å². The first-order chi connectivity index (χ1) is 11.6. The fourth-order valence-electron chi connectivity index (χ4n) is 2.05. The maximum Gasteiger partial charge on any atom is 0.351 e. The molecule has 7 heteroatoms. The molecule has 3 aromatic rings. The van der Waals surface area contributed by atoms with Gasteiger partial charge in [-0.2, -0.15) is 0 Å². The molecule has 1 amide bonds. The Bertz CT molecular complexity index is 860. The van der Waals surface area contributed by atoms with Gasteiger partial charge in [0.15, 0.2) is 5.56 Å². The lowest BCUT2D eigenvalue weighted by Crippen LogP contribution is -2.14. The van der Waals surface area contributed by atoms with Gasteiger partial charge in [-0.25, -0.2) is 4.79 Å². The van der Waals surface area contributed by atoms with Crippen molar-refractivity contribution in [1.29, 1.82) is 0 Å². The van der Waals surface area contributed by atoms with Gasteiger partial charge in [0.2, 0.25) is 11.8 Å². The number of carbonyl (C=O) groups excluding carboxylic acids is 2. The number of aromatic nitrogens is 2. The van der Waals surface area contributed by atoms with Crippen molar-refractivity contribution in [3.63, 3.8) is 0 Å². The van der Waals surface area contributed by atoms with Crippen molar-refractivity contribution in [1.82, 2.24) is 10.1 Å². The van der Waals surface area contributed by atoms with Crippen LogP contribution in [-0.4, -0.2) is 22.0 Å². The van der Waals surface area contributed by atoms with Crippen molar-refractivity contribution in [3.8, 4) is 17.1 Å². The summed E-state index contributed by atoms with van der Waals surface area (Å²) in [6.45, 7) is 1.30. The summed E-state index contributed by atoms with van der Waals surface area (Å²) in [5.41, 5.74) is 0.630. The van der Waals surface area contributed by atoms with E-state index in [-0.39, 0.29) is 17.1 Å². The Balaban J connectivity index is 2.01. The average Bonchev–Trinajstić information content (AvgIpc) is 2.99. The van der Waals surface area contributed by atoms with Gasteiger partial charge in [-0.15, -0.1) is 0 Å². The second kappa shape index (κ2) is 6.74. The van der Waals surface area contributed by atoms with Crippen molar-refractivity contribution >= 4 is 17.8 Å². The maximum atomic E-state index is 12.6. The molecular weight excluding hydrogens is 310 g/mol. The molecule has 0 aliphatic rings. The van der Waals surface area contributed by atoms with Crippen LogP contribution in [0.25, 0.3) is 11.4 Å². The zero-order valence-electron chi connectivity index (χ0n) is 12.7. The topological polar surface area (TPSA) is 94.3 Å². The minimum absolute atomic E-state index is 0.00718. The highest BCUT2D eigenvalue weighted by atomic mass is 16.5. The van der Waals surface area contributed by atoms with Crippen LogP contribution >= 0.6 is 0 Å². The average molecular weight is 323 g/mol. The maximum absolute atomic E-state index is 12.6. The fraction of sp³-hybridized carbons (Fsp3) is 0.0588. The number of benzene rings is 1. The first kappa shape index (κ1) is 15.4. The molecule has 24 heavy (non-hydrogen) atoms. The van der Waals surface area contributed by atoms with E-state index in [0.29, 0.717) is 11.4 Å². The van der Waals surface area contributed by atoms with Gasteiger partial charge in [0.05, 0.1) is 5.69 Å². The monoisotopic (exact) mass is 323 g/mol. The molecule has 0 fully saturated rings. The van der Waals surface area contributed by atoms with Crippen molar-refractivity contribution in [2.45, 2.75) is 6.92 Å². The number of pyridine rings is 1. The molecule has 0 unspecified atom stereocenters. The molecule has 0 spiro atoms. The standard InChI is InChI=1S/C17H13N3O4/c1-11(21)19-16-14(17(22)23-12-7-3-2-4-8-12)15(20-24-16)13-9-5-6-10-18-13/h2-10H,1H3,(H,19,21). The third-order valence-electron chi connectivity index (χ3n) is 3.05.